The molecule has 0 spiro atoms. The first kappa shape index (κ1) is 23.2. The summed E-state index contributed by atoms with van der Waals surface area (Å²) in [4.78, 5) is 48.9. The monoisotopic (exact) mass is 494 g/mol. The second-order valence-corrected chi connectivity index (χ2v) is 8.59. The molecule has 0 aromatic heterocycles. The fourth-order valence-electron chi connectivity index (χ4n) is 3.08. The highest BCUT2D eigenvalue weighted by Crippen LogP contribution is 2.33. The number of imide groups is 1. The number of carbonyl (C=O) groups is 3. The van der Waals surface area contributed by atoms with Crippen molar-refractivity contribution in [2.45, 2.75) is 6.54 Å². The molecule has 34 heavy (non-hydrogen) atoms. The second-order valence-electron chi connectivity index (χ2n) is 7.16. The van der Waals surface area contributed by atoms with Crippen LogP contribution in [-0.4, -0.2) is 26.9 Å². The van der Waals surface area contributed by atoms with E-state index in [-0.39, 0.29) is 33.7 Å². The summed E-state index contributed by atoms with van der Waals surface area (Å²) in [6.45, 7) is 0.150. The lowest BCUT2D eigenvalue weighted by Gasteiger charge is -2.12. The van der Waals surface area contributed by atoms with Crippen LogP contribution in [0.2, 0.25) is 5.02 Å². The van der Waals surface area contributed by atoms with Crippen molar-refractivity contribution in [3.63, 3.8) is 0 Å². The number of thioether (sulfide) groups is 1. The van der Waals surface area contributed by atoms with E-state index >= 15 is 0 Å². The molecule has 1 aliphatic rings. The standard InChI is InChI=1S/C24H15ClN2O6S/c25-18-7-1-16(2-8-18)14-26-22(28)21(34-24(26)30)13-15-3-11-20(12-4-15)33-23(29)17-5-9-19(10-6-17)27(31)32/h1-13H,14H2/b21-13-. The summed E-state index contributed by atoms with van der Waals surface area (Å²) in [6, 6.07) is 18.4. The maximum atomic E-state index is 12.7. The molecule has 1 saturated heterocycles. The molecular weight excluding hydrogens is 480 g/mol. The molecule has 4 rings (SSSR count). The van der Waals surface area contributed by atoms with Crippen LogP contribution in [0, 0.1) is 10.1 Å². The summed E-state index contributed by atoms with van der Waals surface area (Å²) in [5.41, 5.74) is 1.47. The molecule has 2 amide bonds. The number of non-ortho nitro benzene ring substituents is 1. The van der Waals surface area contributed by atoms with E-state index in [0.29, 0.717) is 10.6 Å². The van der Waals surface area contributed by atoms with Crippen LogP contribution in [0.25, 0.3) is 6.08 Å². The molecule has 0 N–H and O–H groups in total. The smallest absolute Gasteiger partial charge is 0.343 e. The first-order chi connectivity index (χ1) is 16.3. The molecule has 1 fully saturated rings. The molecule has 0 bridgehead atoms. The minimum absolute atomic E-state index is 0.126. The van der Waals surface area contributed by atoms with Crippen molar-refractivity contribution in [3.05, 3.63) is 110 Å². The zero-order valence-corrected chi connectivity index (χ0v) is 18.9. The fraction of sp³-hybridized carbons (Fsp3) is 0.0417. The highest BCUT2D eigenvalue weighted by atomic mass is 35.5. The van der Waals surface area contributed by atoms with E-state index in [1.165, 1.54) is 29.2 Å². The Bertz CT molecular complexity index is 1300. The van der Waals surface area contributed by atoms with Gasteiger partial charge in [0.15, 0.2) is 0 Å². The number of benzene rings is 3. The molecule has 3 aromatic rings. The summed E-state index contributed by atoms with van der Waals surface area (Å²) in [6.07, 6.45) is 1.59. The molecular formula is C24H15ClN2O6S. The molecule has 0 atom stereocenters. The van der Waals surface area contributed by atoms with Crippen molar-refractivity contribution in [1.82, 2.24) is 4.90 Å². The Balaban J connectivity index is 1.41. The average Bonchev–Trinajstić information content (AvgIpc) is 3.09. The van der Waals surface area contributed by atoms with Crippen LogP contribution in [0.3, 0.4) is 0 Å². The molecule has 0 unspecified atom stereocenters. The number of ether oxygens (including phenoxy) is 1. The average molecular weight is 495 g/mol. The van der Waals surface area contributed by atoms with Crippen molar-refractivity contribution >= 4 is 52.2 Å². The molecule has 1 heterocycles. The Morgan fingerprint density at radius 2 is 1.65 bits per heavy atom. The van der Waals surface area contributed by atoms with Crippen molar-refractivity contribution in [1.29, 1.82) is 0 Å². The number of carbonyl (C=O) groups excluding carboxylic acids is 3. The number of nitro benzene ring substituents is 1. The Labute approximate surface area is 202 Å². The normalized spacial score (nSPS) is 14.5. The van der Waals surface area contributed by atoms with E-state index in [2.05, 4.69) is 0 Å². The Hall–Kier alpha value is -3.95. The van der Waals surface area contributed by atoms with Gasteiger partial charge < -0.3 is 4.74 Å². The number of hydrogen-bond donors (Lipinski definition) is 0. The van der Waals surface area contributed by atoms with Gasteiger partial charge in [-0.3, -0.25) is 24.6 Å². The Morgan fingerprint density at radius 3 is 2.26 bits per heavy atom. The van der Waals surface area contributed by atoms with Crippen LogP contribution >= 0.6 is 23.4 Å². The summed E-state index contributed by atoms with van der Waals surface area (Å²) in [5, 5.41) is 10.9. The lowest BCUT2D eigenvalue weighted by Crippen LogP contribution is -2.27. The van der Waals surface area contributed by atoms with Crippen LogP contribution in [0.5, 0.6) is 5.75 Å². The van der Waals surface area contributed by atoms with Gasteiger partial charge in [0.1, 0.15) is 5.75 Å². The van der Waals surface area contributed by atoms with Crippen LogP contribution in [0.15, 0.2) is 77.7 Å². The lowest BCUT2D eigenvalue weighted by atomic mass is 10.2. The molecule has 10 heteroatoms. The van der Waals surface area contributed by atoms with Gasteiger partial charge >= 0.3 is 5.97 Å². The SMILES string of the molecule is O=C(Oc1ccc(/C=C2\SC(=O)N(Cc3ccc(Cl)cc3)C2=O)cc1)c1ccc([N+](=O)[O-])cc1. The highest BCUT2D eigenvalue weighted by Gasteiger charge is 2.34. The topological polar surface area (TPSA) is 107 Å². The van der Waals surface area contributed by atoms with Crippen LogP contribution in [-0.2, 0) is 11.3 Å². The number of esters is 1. The Morgan fingerprint density at radius 1 is 1.00 bits per heavy atom. The van der Waals surface area contributed by atoms with Crippen molar-refractivity contribution in [2.24, 2.45) is 0 Å². The Kier molecular flexibility index (Phi) is 6.76. The summed E-state index contributed by atoms with van der Waals surface area (Å²) < 4.78 is 5.28. The summed E-state index contributed by atoms with van der Waals surface area (Å²) in [5.74, 6) is -0.791. The first-order valence-electron chi connectivity index (χ1n) is 9.87. The maximum absolute atomic E-state index is 12.7. The van der Waals surface area contributed by atoms with Gasteiger partial charge in [0, 0.05) is 17.2 Å². The predicted molar refractivity (Wildman–Crippen MR) is 127 cm³/mol. The second kappa shape index (κ2) is 9.90. The third-order valence-electron chi connectivity index (χ3n) is 4.83. The van der Waals surface area contributed by atoms with E-state index in [0.717, 1.165) is 17.3 Å². The minimum Gasteiger partial charge on any atom is -0.423 e. The maximum Gasteiger partial charge on any atom is 0.343 e. The zero-order chi connectivity index (χ0) is 24.2. The highest BCUT2D eigenvalue weighted by molar-refractivity contribution is 8.18. The van der Waals surface area contributed by atoms with Crippen LogP contribution in [0.1, 0.15) is 21.5 Å². The number of nitrogens with zero attached hydrogens (tertiary/aromatic N) is 2. The molecule has 3 aromatic carbocycles. The summed E-state index contributed by atoms with van der Waals surface area (Å²) >= 11 is 6.73. The van der Waals surface area contributed by atoms with Gasteiger partial charge in [0.05, 0.1) is 21.9 Å². The van der Waals surface area contributed by atoms with Crippen LogP contribution < -0.4 is 4.74 Å². The van der Waals surface area contributed by atoms with Gasteiger partial charge in [0.2, 0.25) is 0 Å². The van der Waals surface area contributed by atoms with E-state index in [4.69, 9.17) is 16.3 Å². The quantitative estimate of drug-likeness (QED) is 0.142. The molecule has 0 aliphatic carbocycles. The number of nitro groups is 1. The van der Waals surface area contributed by atoms with E-state index in [1.54, 1.807) is 54.6 Å². The molecule has 0 radical (unpaired) electrons. The third-order valence-corrected chi connectivity index (χ3v) is 5.99. The van der Waals surface area contributed by atoms with Gasteiger partial charge in [-0.25, -0.2) is 4.79 Å². The molecule has 170 valence electrons. The minimum atomic E-state index is -0.661. The number of hydrogen-bond acceptors (Lipinski definition) is 7. The number of rotatable bonds is 6. The van der Waals surface area contributed by atoms with E-state index < -0.39 is 16.8 Å². The van der Waals surface area contributed by atoms with Gasteiger partial charge in [-0.1, -0.05) is 35.9 Å². The van der Waals surface area contributed by atoms with Gasteiger partial charge in [-0.2, -0.15) is 0 Å². The number of halogens is 1. The summed E-state index contributed by atoms with van der Waals surface area (Å²) in [7, 11) is 0. The largest absolute Gasteiger partial charge is 0.423 e. The third kappa shape index (κ3) is 5.33. The van der Waals surface area contributed by atoms with Crippen molar-refractivity contribution < 1.29 is 24.0 Å². The van der Waals surface area contributed by atoms with Gasteiger partial charge in [-0.15, -0.1) is 0 Å². The van der Waals surface area contributed by atoms with E-state index in [9.17, 15) is 24.5 Å². The molecule has 1 aliphatic heterocycles. The van der Waals surface area contributed by atoms with Gasteiger partial charge in [-0.05, 0) is 65.4 Å². The van der Waals surface area contributed by atoms with E-state index in [1.807, 2.05) is 0 Å². The fourth-order valence-corrected chi connectivity index (χ4v) is 4.04. The van der Waals surface area contributed by atoms with Crippen LogP contribution in [0.4, 0.5) is 10.5 Å². The van der Waals surface area contributed by atoms with Crippen molar-refractivity contribution in [2.75, 3.05) is 0 Å². The predicted octanol–water partition coefficient (Wildman–Crippen LogP) is 5.70. The molecule has 0 saturated carbocycles. The number of amides is 2. The molecule has 8 nitrogen and oxygen atoms in total. The first-order valence-corrected chi connectivity index (χ1v) is 11.1. The van der Waals surface area contributed by atoms with Gasteiger partial charge in [0.25, 0.3) is 16.8 Å². The lowest BCUT2D eigenvalue weighted by molar-refractivity contribution is -0.384. The van der Waals surface area contributed by atoms with Crippen molar-refractivity contribution in [3.8, 4) is 5.75 Å². The zero-order valence-electron chi connectivity index (χ0n) is 17.3.